The van der Waals surface area contributed by atoms with Crippen molar-refractivity contribution in [3.05, 3.63) is 54.0 Å². The molecule has 0 spiro atoms. The molecule has 96 valence electrons. The lowest BCUT2D eigenvalue weighted by molar-refractivity contribution is 0.281. The van der Waals surface area contributed by atoms with E-state index in [0.29, 0.717) is 11.6 Å². The van der Waals surface area contributed by atoms with Gasteiger partial charge in [0.2, 0.25) is 5.88 Å². The van der Waals surface area contributed by atoms with E-state index in [-0.39, 0.29) is 6.61 Å². The van der Waals surface area contributed by atoms with Gasteiger partial charge in [0.1, 0.15) is 11.3 Å². The van der Waals surface area contributed by atoms with Gasteiger partial charge in [-0.15, -0.1) is 0 Å². The van der Waals surface area contributed by atoms with Crippen molar-refractivity contribution >= 4 is 5.52 Å². The van der Waals surface area contributed by atoms with Crippen LogP contribution in [0.25, 0.3) is 5.52 Å². The first kappa shape index (κ1) is 11.7. The van der Waals surface area contributed by atoms with Crippen LogP contribution in [-0.2, 0) is 6.61 Å². The maximum atomic E-state index is 9.12. The van der Waals surface area contributed by atoms with Crippen molar-refractivity contribution in [1.29, 1.82) is 0 Å². The fourth-order valence-corrected chi connectivity index (χ4v) is 1.92. The SMILES string of the molecule is Cc1cc2c(Oc3cccc(CO)c3)nccn2n1. The predicted molar refractivity (Wildman–Crippen MR) is 70.2 cm³/mol. The fourth-order valence-electron chi connectivity index (χ4n) is 1.92. The number of aliphatic hydroxyl groups is 1. The van der Waals surface area contributed by atoms with Crippen LogP contribution in [-0.4, -0.2) is 19.7 Å². The van der Waals surface area contributed by atoms with Crippen molar-refractivity contribution in [2.45, 2.75) is 13.5 Å². The summed E-state index contributed by atoms with van der Waals surface area (Å²) in [7, 11) is 0. The molecule has 0 atom stereocenters. The monoisotopic (exact) mass is 255 g/mol. The summed E-state index contributed by atoms with van der Waals surface area (Å²) in [5, 5.41) is 13.4. The highest BCUT2D eigenvalue weighted by Crippen LogP contribution is 2.24. The molecule has 0 aliphatic carbocycles. The molecular formula is C14H13N3O2. The molecular weight excluding hydrogens is 242 g/mol. The van der Waals surface area contributed by atoms with Crippen LogP contribution in [0, 0.1) is 6.92 Å². The summed E-state index contributed by atoms with van der Waals surface area (Å²) in [5.41, 5.74) is 2.52. The maximum Gasteiger partial charge on any atom is 0.245 e. The zero-order chi connectivity index (χ0) is 13.2. The molecule has 3 aromatic rings. The number of hydrogen-bond donors (Lipinski definition) is 1. The van der Waals surface area contributed by atoms with Gasteiger partial charge in [-0.3, -0.25) is 0 Å². The number of rotatable bonds is 3. The van der Waals surface area contributed by atoms with Gasteiger partial charge in [-0.25, -0.2) is 9.50 Å². The largest absolute Gasteiger partial charge is 0.437 e. The Kier molecular flexibility index (Phi) is 2.89. The summed E-state index contributed by atoms with van der Waals surface area (Å²) >= 11 is 0. The van der Waals surface area contributed by atoms with E-state index in [9.17, 15) is 0 Å². The molecule has 0 saturated carbocycles. The van der Waals surface area contributed by atoms with E-state index in [1.807, 2.05) is 31.2 Å². The van der Waals surface area contributed by atoms with E-state index >= 15 is 0 Å². The van der Waals surface area contributed by atoms with E-state index in [1.54, 1.807) is 23.0 Å². The molecule has 0 saturated heterocycles. The molecule has 0 aliphatic heterocycles. The number of ether oxygens (including phenoxy) is 1. The molecule has 0 aliphatic rings. The molecule has 0 radical (unpaired) electrons. The Labute approximate surface area is 110 Å². The maximum absolute atomic E-state index is 9.12. The van der Waals surface area contributed by atoms with Crippen LogP contribution in [0.1, 0.15) is 11.3 Å². The third kappa shape index (κ3) is 2.28. The van der Waals surface area contributed by atoms with E-state index < -0.39 is 0 Å². The summed E-state index contributed by atoms with van der Waals surface area (Å²) in [4.78, 5) is 4.23. The van der Waals surface area contributed by atoms with E-state index in [0.717, 1.165) is 16.8 Å². The van der Waals surface area contributed by atoms with Gasteiger partial charge in [-0.2, -0.15) is 5.10 Å². The van der Waals surface area contributed by atoms with Gasteiger partial charge in [-0.05, 0) is 30.7 Å². The van der Waals surface area contributed by atoms with Crippen molar-refractivity contribution < 1.29 is 9.84 Å². The Hall–Kier alpha value is -2.40. The average Bonchev–Trinajstić information content (AvgIpc) is 2.80. The normalized spacial score (nSPS) is 10.8. The van der Waals surface area contributed by atoms with Gasteiger partial charge >= 0.3 is 0 Å². The highest BCUT2D eigenvalue weighted by atomic mass is 16.5. The number of fused-ring (bicyclic) bond motifs is 1. The van der Waals surface area contributed by atoms with Crippen LogP contribution in [0.5, 0.6) is 11.6 Å². The predicted octanol–water partition coefficient (Wildman–Crippen LogP) is 2.32. The minimum absolute atomic E-state index is 0.0133. The second kappa shape index (κ2) is 4.70. The zero-order valence-corrected chi connectivity index (χ0v) is 10.4. The summed E-state index contributed by atoms with van der Waals surface area (Å²) in [6.45, 7) is 1.91. The molecule has 19 heavy (non-hydrogen) atoms. The molecule has 2 heterocycles. The lowest BCUT2D eigenvalue weighted by atomic mass is 10.2. The molecule has 2 aromatic heterocycles. The number of benzene rings is 1. The third-order valence-corrected chi connectivity index (χ3v) is 2.77. The first-order valence-electron chi connectivity index (χ1n) is 5.95. The Morgan fingerprint density at radius 3 is 3.05 bits per heavy atom. The zero-order valence-electron chi connectivity index (χ0n) is 10.4. The van der Waals surface area contributed by atoms with E-state index in [1.165, 1.54) is 0 Å². The molecule has 0 bridgehead atoms. The highest BCUT2D eigenvalue weighted by molar-refractivity contribution is 5.57. The second-order valence-corrected chi connectivity index (χ2v) is 4.26. The van der Waals surface area contributed by atoms with Gasteiger partial charge in [-0.1, -0.05) is 12.1 Å². The third-order valence-electron chi connectivity index (χ3n) is 2.77. The molecule has 0 unspecified atom stereocenters. The Balaban J connectivity index is 2.00. The van der Waals surface area contributed by atoms with Crippen molar-refractivity contribution in [2.75, 3.05) is 0 Å². The van der Waals surface area contributed by atoms with Crippen molar-refractivity contribution in [2.24, 2.45) is 0 Å². The van der Waals surface area contributed by atoms with Crippen LogP contribution in [0.3, 0.4) is 0 Å². The Morgan fingerprint density at radius 2 is 2.21 bits per heavy atom. The summed E-state index contributed by atoms with van der Waals surface area (Å²) in [6, 6.07) is 9.20. The van der Waals surface area contributed by atoms with Crippen LogP contribution in [0.4, 0.5) is 0 Å². The van der Waals surface area contributed by atoms with Crippen molar-refractivity contribution in [1.82, 2.24) is 14.6 Å². The number of aryl methyl sites for hydroxylation is 1. The van der Waals surface area contributed by atoms with Gasteiger partial charge in [0.05, 0.1) is 12.3 Å². The lowest BCUT2D eigenvalue weighted by Gasteiger charge is -2.06. The Bertz CT molecular complexity index is 722. The van der Waals surface area contributed by atoms with Gasteiger partial charge in [0.25, 0.3) is 0 Å². The number of aliphatic hydroxyl groups excluding tert-OH is 1. The number of nitrogens with zero attached hydrogens (tertiary/aromatic N) is 3. The summed E-state index contributed by atoms with van der Waals surface area (Å²) in [6.07, 6.45) is 3.42. The van der Waals surface area contributed by atoms with Crippen LogP contribution >= 0.6 is 0 Å². The van der Waals surface area contributed by atoms with Crippen molar-refractivity contribution in [3.63, 3.8) is 0 Å². The van der Waals surface area contributed by atoms with Crippen LogP contribution < -0.4 is 4.74 Å². The topological polar surface area (TPSA) is 59.7 Å². The standard InChI is InChI=1S/C14H13N3O2/c1-10-7-13-14(15-5-6-17(13)16-10)19-12-4-2-3-11(8-12)9-18/h2-8,18H,9H2,1H3. The van der Waals surface area contributed by atoms with E-state index in [4.69, 9.17) is 9.84 Å². The van der Waals surface area contributed by atoms with Crippen molar-refractivity contribution in [3.8, 4) is 11.6 Å². The number of aromatic nitrogens is 3. The molecule has 0 fully saturated rings. The van der Waals surface area contributed by atoms with Crippen LogP contribution in [0.2, 0.25) is 0 Å². The smallest absolute Gasteiger partial charge is 0.245 e. The molecule has 1 aromatic carbocycles. The molecule has 5 nitrogen and oxygen atoms in total. The molecule has 1 N–H and O–H groups in total. The van der Waals surface area contributed by atoms with E-state index in [2.05, 4.69) is 10.1 Å². The quantitative estimate of drug-likeness (QED) is 0.780. The minimum Gasteiger partial charge on any atom is -0.437 e. The summed E-state index contributed by atoms with van der Waals surface area (Å²) < 4.78 is 7.49. The first-order chi connectivity index (χ1) is 9.26. The van der Waals surface area contributed by atoms with Gasteiger partial charge in [0, 0.05) is 12.4 Å². The Morgan fingerprint density at radius 1 is 1.32 bits per heavy atom. The second-order valence-electron chi connectivity index (χ2n) is 4.26. The highest BCUT2D eigenvalue weighted by Gasteiger charge is 2.07. The lowest BCUT2D eigenvalue weighted by Crippen LogP contribution is -1.94. The summed E-state index contributed by atoms with van der Waals surface area (Å²) in [5.74, 6) is 1.14. The van der Waals surface area contributed by atoms with Crippen LogP contribution in [0.15, 0.2) is 42.7 Å². The van der Waals surface area contributed by atoms with Gasteiger partial charge < -0.3 is 9.84 Å². The first-order valence-corrected chi connectivity index (χ1v) is 5.95. The molecule has 5 heteroatoms. The molecule has 3 rings (SSSR count). The minimum atomic E-state index is -0.0133. The fraction of sp³-hybridized carbons (Fsp3) is 0.143. The molecule has 0 amide bonds. The average molecular weight is 255 g/mol. The van der Waals surface area contributed by atoms with Gasteiger partial charge in [0.15, 0.2) is 0 Å². The number of hydrogen-bond acceptors (Lipinski definition) is 4.